The van der Waals surface area contributed by atoms with Crippen LogP contribution in [0.2, 0.25) is 0 Å². The van der Waals surface area contributed by atoms with Crippen LogP contribution in [0, 0.1) is 0 Å². The van der Waals surface area contributed by atoms with Crippen molar-refractivity contribution in [1.29, 1.82) is 0 Å². The Balaban J connectivity index is 1.24. The molecule has 3 N–H and O–H groups in total. The molecule has 1 heterocycles. The Labute approximate surface area is 212 Å². The van der Waals surface area contributed by atoms with Gasteiger partial charge in [0.25, 0.3) is 5.91 Å². The van der Waals surface area contributed by atoms with E-state index in [4.69, 9.17) is 18.9 Å². The third kappa shape index (κ3) is 6.98. The van der Waals surface area contributed by atoms with Crippen molar-refractivity contribution < 1.29 is 33.3 Å². The molecule has 0 radical (unpaired) electrons. The first kappa shape index (κ1) is 25.0. The molecule has 0 aliphatic carbocycles. The highest BCUT2D eigenvalue weighted by Crippen LogP contribution is 2.32. The minimum Gasteiger partial charge on any atom is -0.497 e. The molecule has 37 heavy (non-hydrogen) atoms. The summed E-state index contributed by atoms with van der Waals surface area (Å²) in [5, 5.41) is 9.06. The maximum absolute atomic E-state index is 12.2. The van der Waals surface area contributed by atoms with Crippen molar-refractivity contribution >= 4 is 29.6 Å². The van der Waals surface area contributed by atoms with E-state index >= 15 is 0 Å². The van der Waals surface area contributed by atoms with Crippen molar-refractivity contribution in [1.82, 2.24) is 10.7 Å². The van der Waals surface area contributed by atoms with E-state index in [2.05, 4.69) is 21.2 Å². The van der Waals surface area contributed by atoms with Crippen LogP contribution in [0.5, 0.6) is 23.0 Å². The third-order valence-corrected chi connectivity index (χ3v) is 5.12. The summed E-state index contributed by atoms with van der Waals surface area (Å²) in [6, 6.07) is 18.9. The van der Waals surface area contributed by atoms with Gasteiger partial charge in [0.1, 0.15) is 11.5 Å². The van der Waals surface area contributed by atoms with E-state index in [0.717, 1.165) is 5.56 Å². The lowest BCUT2D eigenvalue weighted by atomic mass is 10.2. The van der Waals surface area contributed by atoms with Crippen LogP contribution in [0.3, 0.4) is 0 Å². The van der Waals surface area contributed by atoms with Crippen LogP contribution in [-0.2, 0) is 20.9 Å². The summed E-state index contributed by atoms with van der Waals surface area (Å²) in [6.45, 7) is 0.0317. The summed E-state index contributed by atoms with van der Waals surface area (Å²) in [5.74, 6) is 0.117. The first-order valence-electron chi connectivity index (χ1n) is 11.2. The zero-order valence-electron chi connectivity index (χ0n) is 19.9. The predicted octanol–water partition coefficient (Wildman–Crippen LogP) is 2.21. The number of hydrazone groups is 1. The number of rotatable bonds is 9. The molecule has 1 aliphatic rings. The molecule has 190 valence electrons. The van der Waals surface area contributed by atoms with Gasteiger partial charge in [0.15, 0.2) is 18.1 Å². The smallest absolute Gasteiger partial charge is 0.329 e. The van der Waals surface area contributed by atoms with Crippen LogP contribution in [0.15, 0.2) is 71.8 Å². The van der Waals surface area contributed by atoms with Gasteiger partial charge in [0, 0.05) is 17.8 Å². The van der Waals surface area contributed by atoms with Gasteiger partial charge in [-0.2, -0.15) is 5.10 Å². The average Bonchev–Trinajstić information content (AvgIpc) is 3.39. The highest BCUT2D eigenvalue weighted by molar-refractivity contribution is 6.35. The number of carbonyl (C=O) groups is 3. The highest BCUT2D eigenvalue weighted by Gasteiger charge is 2.15. The van der Waals surface area contributed by atoms with E-state index in [9.17, 15) is 14.4 Å². The normalized spacial score (nSPS) is 11.6. The van der Waals surface area contributed by atoms with Crippen molar-refractivity contribution in [2.75, 3.05) is 25.8 Å². The van der Waals surface area contributed by atoms with Gasteiger partial charge in [0.2, 0.25) is 6.79 Å². The number of anilines is 1. The van der Waals surface area contributed by atoms with Crippen molar-refractivity contribution in [2.24, 2.45) is 5.10 Å². The largest absolute Gasteiger partial charge is 0.497 e. The van der Waals surface area contributed by atoms with Gasteiger partial charge >= 0.3 is 11.8 Å². The summed E-state index contributed by atoms with van der Waals surface area (Å²) in [5.41, 5.74) is 4.02. The SMILES string of the molecule is COc1ccc(NC(=O)COc2ccccc2/C=N\NC(=O)C(=O)NCc2ccc3c(c2)OCO3)cc1. The van der Waals surface area contributed by atoms with E-state index in [0.29, 0.717) is 34.2 Å². The fourth-order valence-corrected chi connectivity index (χ4v) is 3.26. The number of ether oxygens (including phenoxy) is 4. The molecule has 3 amide bonds. The minimum absolute atomic E-state index is 0.127. The lowest BCUT2D eigenvalue weighted by Gasteiger charge is -2.10. The van der Waals surface area contributed by atoms with Gasteiger partial charge in [-0.25, -0.2) is 5.43 Å². The Morgan fingerprint density at radius 3 is 2.57 bits per heavy atom. The fraction of sp³-hybridized carbons (Fsp3) is 0.154. The number of fused-ring (bicyclic) bond motifs is 1. The topological polar surface area (TPSA) is 137 Å². The second-order valence-electron chi connectivity index (χ2n) is 7.67. The fourth-order valence-electron chi connectivity index (χ4n) is 3.26. The molecule has 0 saturated carbocycles. The molecule has 3 aromatic carbocycles. The number of methoxy groups -OCH3 is 1. The summed E-state index contributed by atoms with van der Waals surface area (Å²) in [6.07, 6.45) is 1.32. The van der Waals surface area contributed by atoms with Gasteiger partial charge in [-0.3, -0.25) is 14.4 Å². The second kappa shape index (κ2) is 12.1. The predicted molar refractivity (Wildman–Crippen MR) is 134 cm³/mol. The summed E-state index contributed by atoms with van der Waals surface area (Å²) in [4.78, 5) is 36.4. The summed E-state index contributed by atoms with van der Waals surface area (Å²) in [7, 11) is 1.56. The minimum atomic E-state index is -0.936. The molecular weight excluding hydrogens is 480 g/mol. The van der Waals surface area contributed by atoms with E-state index in [1.165, 1.54) is 6.21 Å². The van der Waals surface area contributed by atoms with Crippen molar-refractivity contribution in [3.05, 3.63) is 77.9 Å². The number of hydrogen-bond acceptors (Lipinski definition) is 8. The highest BCUT2D eigenvalue weighted by atomic mass is 16.7. The molecular formula is C26H24N4O7. The lowest BCUT2D eigenvalue weighted by molar-refractivity contribution is -0.139. The Morgan fingerprint density at radius 1 is 0.973 bits per heavy atom. The van der Waals surface area contributed by atoms with E-state index < -0.39 is 11.8 Å². The molecule has 4 rings (SSSR count). The summed E-state index contributed by atoms with van der Waals surface area (Å²) >= 11 is 0. The molecule has 3 aromatic rings. The van der Waals surface area contributed by atoms with Gasteiger partial charge in [-0.05, 0) is 54.1 Å². The quantitative estimate of drug-likeness (QED) is 0.231. The van der Waals surface area contributed by atoms with Crippen LogP contribution in [-0.4, -0.2) is 44.4 Å². The number of hydrogen-bond donors (Lipinski definition) is 3. The van der Waals surface area contributed by atoms with Crippen LogP contribution < -0.4 is 35.0 Å². The van der Waals surface area contributed by atoms with Gasteiger partial charge < -0.3 is 29.6 Å². The first-order chi connectivity index (χ1) is 18.0. The number of carbonyl (C=O) groups excluding carboxylic acids is 3. The maximum Gasteiger partial charge on any atom is 0.329 e. The maximum atomic E-state index is 12.2. The van der Waals surface area contributed by atoms with Crippen LogP contribution in [0.25, 0.3) is 0 Å². The first-order valence-corrected chi connectivity index (χ1v) is 11.2. The lowest BCUT2D eigenvalue weighted by Crippen LogP contribution is -2.37. The number of nitrogens with zero attached hydrogens (tertiary/aromatic N) is 1. The third-order valence-electron chi connectivity index (χ3n) is 5.12. The Bertz CT molecular complexity index is 1310. The molecule has 0 spiro atoms. The number of para-hydroxylation sites is 1. The number of nitrogens with one attached hydrogen (secondary N) is 3. The molecule has 0 fully saturated rings. The molecule has 0 bridgehead atoms. The van der Waals surface area contributed by atoms with Crippen LogP contribution in [0.1, 0.15) is 11.1 Å². The van der Waals surface area contributed by atoms with Crippen molar-refractivity contribution in [3.63, 3.8) is 0 Å². The van der Waals surface area contributed by atoms with Gasteiger partial charge in [-0.1, -0.05) is 18.2 Å². The van der Waals surface area contributed by atoms with Crippen molar-refractivity contribution in [2.45, 2.75) is 6.54 Å². The van der Waals surface area contributed by atoms with Gasteiger partial charge in [0.05, 0.1) is 13.3 Å². The zero-order chi connectivity index (χ0) is 26.0. The molecule has 0 saturated heterocycles. The molecule has 11 nitrogen and oxygen atoms in total. The van der Waals surface area contributed by atoms with Crippen LogP contribution >= 0.6 is 0 Å². The van der Waals surface area contributed by atoms with Crippen molar-refractivity contribution in [3.8, 4) is 23.0 Å². The molecule has 1 aliphatic heterocycles. The Kier molecular flexibility index (Phi) is 8.17. The monoisotopic (exact) mass is 504 g/mol. The Morgan fingerprint density at radius 2 is 1.76 bits per heavy atom. The molecule has 0 unspecified atom stereocenters. The second-order valence-corrected chi connectivity index (χ2v) is 7.67. The van der Waals surface area contributed by atoms with E-state index in [1.54, 1.807) is 73.8 Å². The zero-order valence-corrected chi connectivity index (χ0v) is 19.9. The number of benzene rings is 3. The van der Waals surface area contributed by atoms with Crippen LogP contribution in [0.4, 0.5) is 5.69 Å². The average molecular weight is 504 g/mol. The molecule has 0 aromatic heterocycles. The summed E-state index contributed by atoms with van der Waals surface area (Å²) < 4.78 is 21.2. The van der Waals surface area contributed by atoms with E-state index in [1.807, 2.05) is 0 Å². The Hall–Kier alpha value is -5.06. The molecule has 0 atom stereocenters. The van der Waals surface area contributed by atoms with Gasteiger partial charge in [-0.15, -0.1) is 0 Å². The number of amides is 3. The standard InChI is InChI=1S/C26H24N4O7/c1-34-20-9-7-19(8-10-20)29-24(31)15-35-21-5-3-2-4-18(21)14-28-30-26(33)25(32)27-13-17-6-11-22-23(12-17)37-16-36-22/h2-12,14H,13,15-16H2,1H3,(H,27,32)(H,29,31)(H,30,33)/b28-14-. The molecule has 11 heteroatoms. The van der Waals surface area contributed by atoms with E-state index in [-0.39, 0.29) is 25.9 Å².